The molecule has 0 bridgehead atoms. The van der Waals surface area contributed by atoms with Crippen molar-refractivity contribution in [2.24, 2.45) is 10.9 Å². The topological polar surface area (TPSA) is 67.8 Å². The number of rotatable bonds is 3. The Morgan fingerprint density at radius 2 is 1.70 bits per heavy atom. The quantitative estimate of drug-likeness (QED) is 0.347. The Labute approximate surface area is 133 Å². The van der Waals surface area contributed by atoms with E-state index in [4.69, 9.17) is 15.7 Å². The van der Waals surface area contributed by atoms with Gasteiger partial charge in [0.1, 0.15) is 11.5 Å². The molecule has 104 valence electrons. The molecule has 0 radical (unpaired) electrons. The molecule has 0 fully saturated rings. The number of oxime groups is 1. The van der Waals surface area contributed by atoms with E-state index in [9.17, 15) is 0 Å². The van der Waals surface area contributed by atoms with E-state index in [1.54, 1.807) is 18.2 Å². The predicted molar refractivity (Wildman–Crippen MR) is 85.6 cm³/mol. The molecule has 0 atom stereocenters. The van der Waals surface area contributed by atoms with Crippen molar-refractivity contribution >= 4 is 37.7 Å². The summed E-state index contributed by atoms with van der Waals surface area (Å²) in [6, 6.07) is 11.0. The molecule has 0 heterocycles. The summed E-state index contributed by atoms with van der Waals surface area (Å²) in [5.74, 6) is 1.41. The van der Waals surface area contributed by atoms with Crippen LogP contribution in [0.3, 0.4) is 0 Å². The van der Waals surface area contributed by atoms with Gasteiger partial charge in [-0.1, -0.05) is 11.2 Å². The van der Waals surface area contributed by atoms with Gasteiger partial charge in [-0.2, -0.15) is 0 Å². The van der Waals surface area contributed by atoms with Crippen LogP contribution in [0.2, 0.25) is 0 Å². The minimum atomic E-state index is 0.0498. The summed E-state index contributed by atoms with van der Waals surface area (Å²) in [6.07, 6.45) is 0. The third kappa shape index (κ3) is 3.32. The van der Waals surface area contributed by atoms with Crippen molar-refractivity contribution in [3.05, 3.63) is 56.5 Å². The average molecular weight is 400 g/mol. The second-order valence-corrected chi connectivity index (χ2v) is 5.88. The van der Waals surface area contributed by atoms with E-state index in [0.717, 1.165) is 10.0 Å². The van der Waals surface area contributed by atoms with E-state index in [0.29, 0.717) is 21.5 Å². The third-order valence-corrected chi connectivity index (χ3v) is 3.88. The van der Waals surface area contributed by atoms with E-state index >= 15 is 0 Å². The molecule has 3 N–H and O–H groups in total. The summed E-state index contributed by atoms with van der Waals surface area (Å²) >= 11 is 6.87. The van der Waals surface area contributed by atoms with Crippen LogP contribution in [-0.2, 0) is 0 Å². The summed E-state index contributed by atoms with van der Waals surface area (Å²) in [5.41, 5.74) is 7.29. The highest BCUT2D eigenvalue weighted by molar-refractivity contribution is 9.11. The molecule has 0 saturated heterocycles. The first kappa shape index (κ1) is 14.9. The Morgan fingerprint density at radius 1 is 1.10 bits per heavy atom. The highest BCUT2D eigenvalue weighted by Crippen LogP contribution is 2.34. The molecule has 20 heavy (non-hydrogen) atoms. The first-order valence-corrected chi connectivity index (χ1v) is 7.31. The van der Waals surface area contributed by atoms with Crippen LogP contribution >= 0.6 is 31.9 Å². The van der Waals surface area contributed by atoms with Crippen LogP contribution in [0.25, 0.3) is 0 Å². The van der Waals surface area contributed by atoms with Crippen LogP contribution < -0.4 is 10.5 Å². The van der Waals surface area contributed by atoms with Gasteiger partial charge in [0.2, 0.25) is 0 Å². The van der Waals surface area contributed by atoms with Gasteiger partial charge in [-0.25, -0.2) is 0 Å². The van der Waals surface area contributed by atoms with Gasteiger partial charge in [0, 0.05) is 5.56 Å². The third-order valence-electron chi connectivity index (χ3n) is 2.64. The van der Waals surface area contributed by atoms with E-state index in [1.807, 2.05) is 25.1 Å². The maximum atomic E-state index is 8.66. The fourth-order valence-electron chi connectivity index (χ4n) is 1.61. The summed E-state index contributed by atoms with van der Waals surface area (Å²) in [7, 11) is 0. The zero-order valence-electron chi connectivity index (χ0n) is 10.6. The Bertz CT molecular complexity index is 672. The lowest BCUT2D eigenvalue weighted by Gasteiger charge is -2.11. The van der Waals surface area contributed by atoms with Gasteiger partial charge in [-0.3, -0.25) is 0 Å². The first-order valence-electron chi connectivity index (χ1n) is 5.72. The number of nitrogens with zero attached hydrogens (tertiary/aromatic N) is 1. The number of hydrogen-bond acceptors (Lipinski definition) is 3. The number of aryl methyl sites for hydroxylation is 1. The largest absolute Gasteiger partial charge is 0.455 e. The second-order valence-electron chi connectivity index (χ2n) is 4.17. The van der Waals surface area contributed by atoms with Crippen LogP contribution in [0.1, 0.15) is 11.1 Å². The fourth-order valence-corrected chi connectivity index (χ4v) is 2.64. The van der Waals surface area contributed by atoms with Crippen molar-refractivity contribution in [3.8, 4) is 11.5 Å². The molecule has 4 nitrogen and oxygen atoms in total. The summed E-state index contributed by atoms with van der Waals surface area (Å²) in [5, 5.41) is 11.6. The van der Waals surface area contributed by atoms with Gasteiger partial charge in [-0.15, -0.1) is 0 Å². The van der Waals surface area contributed by atoms with Crippen molar-refractivity contribution in [2.75, 3.05) is 0 Å². The Balaban J connectivity index is 2.30. The predicted octanol–water partition coefficient (Wildman–Crippen LogP) is 4.41. The Morgan fingerprint density at radius 3 is 2.25 bits per heavy atom. The number of nitrogens with two attached hydrogens (primary N) is 1. The van der Waals surface area contributed by atoms with Crippen molar-refractivity contribution in [2.45, 2.75) is 6.92 Å². The van der Waals surface area contributed by atoms with E-state index < -0.39 is 0 Å². The van der Waals surface area contributed by atoms with Crippen LogP contribution in [-0.4, -0.2) is 11.0 Å². The number of benzene rings is 2. The van der Waals surface area contributed by atoms with Crippen LogP contribution in [0, 0.1) is 6.92 Å². The molecule has 0 amide bonds. The Kier molecular flexibility index (Phi) is 4.67. The van der Waals surface area contributed by atoms with Gasteiger partial charge in [-0.05, 0) is 74.7 Å². The summed E-state index contributed by atoms with van der Waals surface area (Å²) < 4.78 is 7.42. The molecule has 2 aromatic rings. The lowest BCUT2D eigenvalue weighted by atomic mass is 10.2. The smallest absolute Gasteiger partial charge is 0.170 e. The van der Waals surface area contributed by atoms with E-state index in [1.165, 1.54) is 0 Å². The standard InChI is InChI=1S/C14H12Br2N2O2/c1-8-2-4-12(10(15)6-8)20-13-5-3-9(7-11(13)16)14(17)18-19/h2-7,19H,1H3,(H2,17,18). The number of amidine groups is 1. The molecular weight excluding hydrogens is 388 g/mol. The van der Waals surface area contributed by atoms with E-state index in [-0.39, 0.29) is 5.84 Å². The lowest BCUT2D eigenvalue weighted by Crippen LogP contribution is -2.12. The molecule has 0 aliphatic carbocycles. The number of halogens is 2. The van der Waals surface area contributed by atoms with Gasteiger partial charge in [0.15, 0.2) is 5.84 Å². The normalized spacial score (nSPS) is 11.4. The van der Waals surface area contributed by atoms with Crippen LogP contribution in [0.4, 0.5) is 0 Å². The molecule has 2 rings (SSSR count). The highest BCUT2D eigenvalue weighted by atomic mass is 79.9. The van der Waals surface area contributed by atoms with E-state index in [2.05, 4.69) is 37.0 Å². The molecule has 2 aromatic carbocycles. The highest BCUT2D eigenvalue weighted by Gasteiger charge is 2.08. The SMILES string of the molecule is Cc1ccc(Oc2ccc(/C(N)=N/O)cc2Br)c(Br)c1. The van der Waals surface area contributed by atoms with Crippen LogP contribution in [0.5, 0.6) is 11.5 Å². The zero-order chi connectivity index (χ0) is 14.7. The van der Waals surface area contributed by atoms with Gasteiger partial charge in [0.05, 0.1) is 8.95 Å². The summed E-state index contributed by atoms with van der Waals surface area (Å²) in [6.45, 7) is 2.01. The fraction of sp³-hybridized carbons (Fsp3) is 0.0714. The summed E-state index contributed by atoms with van der Waals surface area (Å²) in [4.78, 5) is 0. The molecule has 0 aliphatic heterocycles. The molecule has 0 unspecified atom stereocenters. The van der Waals surface area contributed by atoms with Crippen molar-refractivity contribution in [1.29, 1.82) is 0 Å². The molecule has 6 heteroatoms. The molecule has 0 spiro atoms. The van der Waals surface area contributed by atoms with Crippen molar-refractivity contribution in [1.82, 2.24) is 0 Å². The number of ether oxygens (including phenoxy) is 1. The lowest BCUT2D eigenvalue weighted by molar-refractivity contribution is 0.318. The van der Waals surface area contributed by atoms with Gasteiger partial charge < -0.3 is 15.7 Å². The number of hydrogen-bond donors (Lipinski definition) is 2. The molecule has 0 aromatic heterocycles. The van der Waals surface area contributed by atoms with Crippen LogP contribution in [0.15, 0.2) is 50.5 Å². The average Bonchev–Trinajstić information content (AvgIpc) is 2.42. The minimum Gasteiger partial charge on any atom is -0.455 e. The maximum Gasteiger partial charge on any atom is 0.170 e. The first-order chi connectivity index (χ1) is 9.51. The van der Waals surface area contributed by atoms with Gasteiger partial charge in [0.25, 0.3) is 0 Å². The second kappa shape index (κ2) is 6.28. The van der Waals surface area contributed by atoms with Crippen molar-refractivity contribution < 1.29 is 9.94 Å². The molecule has 0 aliphatic rings. The maximum absolute atomic E-state index is 8.66. The van der Waals surface area contributed by atoms with Gasteiger partial charge >= 0.3 is 0 Å². The zero-order valence-corrected chi connectivity index (χ0v) is 13.8. The molecular formula is C14H12Br2N2O2. The molecule has 0 saturated carbocycles. The van der Waals surface area contributed by atoms with Crippen molar-refractivity contribution in [3.63, 3.8) is 0 Å². The Hall–Kier alpha value is -1.53. The minimum absolute atomic E-state index is 0.0498. The monoisotopic (exact) mass is 398 g/mol.